The smallest absolute Gasteiger partial charge is 0.191 e. The van der Waals surface area contributed by atoms with Crippen LogP contribution in [-0.2, 0) is 4.74 Å². The first kappa shape index (κ1) is 21.0. The van der Waals surface area contributed by atoms with Gasteiger partial charge < -0.3 is 25.8 Å². The molecule has 1 fully saturated rings. The first-order valence-corrected chi connectivity index (χ1v) is 9.60. The summed E-state index contributed by atoms with van der Waals surface area (Å²) < 4.78 is 5.51. The second kappa shape index (κ2) is 10.8. The van der Waals surface area contributed by atoms with E-state index in [0.29, 0.717) is 48.5 Å². The summed E-state index contributed by atoms with van der Waals surface area (Å²) in [6, 6.07) is 1.65. The van der Waals surface area contributed by atoms with Gasteiger partial charge in [0.05, 0.1) is 23.2 Å². The van der Waals surface area contributed by atoms with E-state index in [1.165, 1.54) is 0 Å². The Morgan fingerprint density at radius 3 is 2.88 bits per heavy atom. The summed E-state index contributed by atoms with van der Waals surface area (Å²) >= 11 is 11.9. The number of aliphatic hydroxyl groups excluding tert-OH is 1. The summed E-state index contributed by atoms with van der Waals surface area (Å²) in [4.78, 5) is 8.84. The standard InChI is InChI=1S/C17H27Cl2N5O2/c1-2-20-16(24-11-17(3-7-25)4-8-26-12-17)22-6-5-21-15-14(19)9-13(18)10-23-15/h9-10,25H,2-8,11-12H2,1H3,(H,21,23)(H2,20,22,24). The van der Waals surface area contributed by atoms with Gasteiger partial charge in [-0.05, 0) is 25.8 Å². The molecule has 1 aromatic rings. The molecule has 1 saturated heterocycles. The molecule has 26 heavy (non-hydrogen) atoms. The molecule has 0 saturated carbocycles. The summed E-state index contributed by atoms with van der Waals surface area (Å²) in [5.41, 5.74) is -0.0594. The van der Waals surface area contributed by atoms with Gasteiger partial charge in [-0.3, -0.25) is 4.99 Å². The normalized spacial score (nSPS) is 20.2. The quantitative estimate of drug-likeness (QED) is 0.287. The van der Waals surface area contributed by atoms with Gasteiger partial charge in [-0.15, -0.1) is 0 Å². The van der Waals surface area contributed by atoms with E-state index in [-0.39, 0.29) is 12.0 Å². The molecule has 1 aliphatic heterocycles. The van der Waals surface area contributed by atoms with Crippen LogP contribution in [0.25, 0.3) is 0 Å². The number of pyridine rings is 1. The average Bonchev–Trinajstić information content (AvgIpc) is 3.07. The fourth-order valence-electron chi connectivity index (χ4n) is 2.78. The fourth-order valence-corrected chi connectivity index (χ4v) is 3.23. The third kappa shape index (κ3) is 6.46. The lowest BCUT2D eigenvalue weighted by atomic mass is 9.84. The predicted molar refractivity (Wildman–Crippen MR) is 106 cm³/mol. The Morgan fingerprint density at radius 1 is 1.38 bits per heavy atom. The number of anilines is 1. The molecule has 1 unspecified atom stereocenters. The SMILES string of the molecule is CCNC(=NCC1(CCO)CCOC1)NCCNc1ncc(Cl)cc1Cl. The van der Waals surface area contributed by atoms with Crippen LogP contribution in [0.2, 0.25) is 10.0 Å². The summed E-state index contributed by atoms with van der Waals surface area (Å²) in [6.07, 6.45) is 3.19. The van der Waals surface area contributed by atoms with Crippen molar-refractivity contribution in [2.75, 3.05) is 51.3 Å². The van der Waals surface area contributed by atoms with Crippen molar-refractivity contribution in [3.63, 3.8) is 0 Å². The highest BCUT2D eigenvalue weighted by Crippen LogP contribution is 2.32. The minimum Gasteiger partial charge on any atom is -0.396 e. The van der Waals surface area contributed by atoms with Crippen molar-refractivity contribution in [2.24, 2.45) is 10.4 Å². The molecule has 0 bridgehead atoms. The highest BCUT2D eigenvalue weighted by molar-refractivity contribution is 6.35. The maximum absolute atomic E-state index is 9.31. The first-order chi connectivity index (χ1) is 12.6. The van der Waals surface area contributed by atoms with Gasteiger partial charge >= 0.3 is 0 Å². The highest BCUT2D eigenvalue weighted by Gasteiger charge is 2.34. The van der Waals surface area contributed by atoms with E-state index < -0.39 is 0 Å². The molecule has 0 radical (unpaired) electrons. The first-order valence-electron chi connectivity index (χ1n) is 8.84. The topological polar surface area (TPSA) is 90.8 Å². The number of ether oxygens (including phenoxy) is 1. The Balaban J connectivity index is 1.83. The molecule has 4 N–H and O–H groups in total. The summed E-state index contributed by atoms with van der Waals surface area (Å²) in [5, 5.41) is 20.0. The maximum Gasteiger partial charge on any atom is 0.191 e. The van der Waals surface area contributed by atoms with E-state index in [0.717, 1.165) is 25.5 Å². The maximum atomic E-state index is 9.31. The van der Waals surface area contributed by atoms with Crippen molar-refractivity contribution in [2.45, 2.75) is 19.8 Å². The summed E-state index contributed by atoms with van der Waals surface area (Å²) in [5.74, 6) is 1.35. The molecular weight excluding hydrogens is 377 g/mol. The van der Waals surface area contributed by atoms with Crippen molar-refractivity contribution in [3.05, 3.63) is 22.3 Å². The number of guanidine groups is 1. The lowest BCUT2D eigenvalue weighted by Crippen LogP contribution is -2.40. The number of rotatable bonds is 9. The van der Waals surface area contributed by atoms with Crippen molar-refractivity contribution in [1.82, 2.24) is 15.6 Å². The van der Waals surface area contributed by atoms with Crippen LogP contribution in [0.1, 0.15) is 19.8 Å². The molecule has 1 aliphatic rings. The van der Waals surface area contributed by atoms with E-state index in [9.17, 15) is 5.11 Å². The van der Waals surface area contributed by atoms with Crippen LogP contribution < -0.4 is 16.0 Å². The van der Waals surface area contributed by atoms with Gasteiger partial charge in [-0.25, -0.2) is 4.98 Å². The molecule has 0 aliphatic carbocycles. The third-order valence-corrected chi connectivity index (χ3v) is 4.76. The number of halogens is 2. The number of nitrogens with one attached hydrogen (secondary N) is 3. The van der Waals surface area contributed by atoms with Gasteiger partial charge in [0, 0.05) is 44.5 Å². The molecular formula is C17H27Cl2N5O2. The minimum atomic E-state index is -0.0594. The number of aliphatic imine (C=N–C) groups is 1. The monoisotopic (exact) mass is 403 g/mol. The highest BCUT2D eigenvalue weighted by atomic mass is 35.5. The molecule has 1 atom stereocenters. The molecule has 0 amide bonds. The van der Waals surface area contributed by atoms with Gasteiger partial charge in [-0.2, -0.15) is 0 Å². The summed E-state index contributed by atoms with van der Waals surface area (Å²) in [6.45, 7) is 6.24. The van der Waals surface area contributed by atoms with Crippen LogP contribution in [0.5, 0.6) is 0 Å². The Kier molecular flexibility index (Phi) is 8.71. The van der Waals surface area contributed by atoms with E-state index >= 15 is 0 Å². The average molecular weight is 404 g/mol. The van der Waals surface area contributed by atoms with Crippen molar-refractivity contribution >= 4 is 35.0 Å². The van der Waals surface area contributed by atoms with Gasteiger partial charge in [0.15, 0.2) is 5.96 Å². The van der Waals surface area contributed by atoms with Crippen molar-refractivity contribution in [1.29, 1.82) is 0 Å². The minimum absolute atomic E-state index is 0.0594. The second-order valence-electron chi connectivity index (χ2n) is 6.31. The van der Waals surface area contributed by atoms with Crippen LogP contribution in [0.15, 0.2) is 17.3 Å². The largest absolute Gasteiger partial charge is 0.396 e. The van der Waals surface area contributed by atoms with Crippen LogP contribution in [0.4, 0.5) is 5.82 Å². The molecule has 7 nitrogen and oxygen atoms in total. The van der Waals surface area contributed by atoms with Gasteiger partial charge in [0.2, 0.25) is 0 Å². The van der Waals surface area contributed by atoms with Crippen molar-refractivity contribution < 1.29 is 9.84 Å². The molecule has 2 rings (SSSR count). The fraction of sp³-hybridized carbons (Fsp3) is 0.647. The molecule has 2 heterocycles. The lowest BCUT2D eigenvalue weighted by Gasteiger charge is -2.24. The summed E-state index contributed by atoms with van der Waals surface area (Å²) in [7, 11) is 0. The Hall–Kier alpha value is -1.28. The van der Waals surface area contributed by atoms with Gasteiger partial charge in [0.25, 0.3) is 0 Å². The Bertz CT molecular complexity index is 595. The zero-order valence-electron chi connectivity index (χ0n) is 15.0. The zero-order valence-corrected chi connectivity index (χ0v) is 16.5. The molecule has 9 heteroatoms. The van der Waals surface area contributed by atoms with Crippen LogP contribution >= 0.6 is 23.2 Å². The second-order valence-corrected chi connectivity index (χ2v) is 7.15. The number of aromatic nitrogens is 1. The number of nitrogens with zero attached hydrogens (tertiary/aromatic N) is 2. The Morgan fingerprint density at radius 2 is 2.23 bits per heavy atom. The zero-order chi connectivity index (χ0) is 18.8. The number of aliphatic hydroxyl groups is 1. The molecule has 0 aromatic carbocycles. The van der Waals surface area contributed by atoms with E-state index in [1.54, 1.807) is 12.3 Å². The number of hydrogen-bond acceptors (Lipinski definition) is 5. The third-order valence-electron chi connectivity index (χ3n) is 4.26. The molecule has 0 spiro atoms. The van der Waals surface area contributed by atoms with Gasteiger partial charge in [-0.1, -0.05) is 23.2 Å². The van der Waals surface area contributed by atoms with Crippen LogP contribution in [0, 0.1) is 5.41 Å². The van der Waals surface area contributed by atoms with Gasteiger partial charge in [0.1, 0.15) is 5.82 Å². The van der Waals surface area contributed by atoms with Crippen molar-refractivity contribution in [3.8, 4) is 0 Å². The molecule has 1 aromatic heterocycles. The lowest BCUT2D eigenvalue weighted by molar-refractivity contribution is 0.131. The number of hydrogen-bond donors (Lipinski definition) is 4. The van der Waals surface area contributed by atoms with E-state index in [2.05, 4.69) is 25.9 Å². The van der Waals surface area contributed by atoms with Crippen LogP contribution in [0.3, 0.4) is 0 Å². The van der Waals surface area contributed by atoms with E-state index in [1.807, 2.05) is 6.92 Å². The Labute approximate surface area is 164 Å². The van der Waals surface area contributed by atoms with Crippen LogP contribution in [-0.4, -0.2) is 62.0 Å². The molecule has 146 valence electrons. The van der Waals surface area contributed by atoms with E-state index in [4.69, 9.17) is 27.9 Å². The predicted octanol–water partition coefficient (Wildman–Crippen LogP) is 2.14.